The number of piperidine rings is 1. The number of carbonyl (C=O) groups excluding carboxylic acids is 1. The molecule has 110 valence electrons. The van der Waals surface area contributed by atoms with E-state index in [0.29, 0.717) is 13.1 Å². The van der Waals surface area contributed by atoms with Crippen molar-refractivity contribution in [1.82, 2.24) is 4.90 Å². The van der Waals surface area contributed by atoms with Crippen LogP contribution in [-0.4, -0.2) is 41.8 Å². The van der Waals surface area contributed by atoms with Gasteiger partial charge >= 0.3 is 6.09 Å². The Kier molecular flexibility index (Phi) is 5.38. The Morgan fingerprint density at radius 2 is 2.20 bits per heavy atom. The van der Waals surface area contributed by atoms with Crippen LogP contribution in [0.5, 0.6) is 0 Å². The molecule has 0 spiro atoms. The number of hydrogen-bond donors (Lipinski definition) is 2. The number of amides is 1. The summed E-state index contributed by atoms with van der Waals surface area (Å²) in [5, 5.41) is 9.79. The first-order chi connectivity index (χ1) is 9.70. The molecule has 0 radical (unpaired) electrons. The summed E-state index contributed by atoms with van der Waals surface area (Å²) in [5.41, 5.74) is 6.44. The molecule has 1 aliphatic heterocycles. The van der Waals surface area contributed by atoms with Crippen molar-refractivity contribution >= 4 is 6.09 Å². The molecule has 1 aromatic carbocycles. The highest BCUT2D eigenvalue weighted by atomic mass is 16.6. The Morgan fingerprint density at radius 1 is 1.45 bits per heavy atom. The van der Waals surface area contributed by atoms with Gasteiger partial charge in [0.1, 0.15) is 6.61 Å². The van der Waals surface area contributed by atoms with E-state index >= 15 is 0 Å². The molecule has 5 nitrogen and oxygen atoms in total. The SMILES string of the molecule is NCC(O)C1CCCN(C(=O)OCc2ccccc2)C1. The second-order valence-electron chi connectivity index (χ2n) is 5.19. The molecule has 1 aliphatic rings. The number of nitrogens with two attached hydrogens (primary N) is 1. The van der Waals surface area contributed by atoms with Gasteiger partial charge in [0.05, 0.1) is 6.10 Å². The minimum absolute atomic E-state index is 0.0537. The number of aliphatic hydroxyl groups is 1. The van der Waals surface area contributed by atoms with Crippen molar-refractivity contribution < 1.29 is 14.6 Å². The summed E-state index contributed by atoms with van der Waals surface area (Å²) in [6, 6.07) is 9.60. The van der Waals surface area contributed by atoms with Gasteiger partial charge in [0, 0.05) is 25.6 Å². The van der Waals surface area contributed by atoms with E-state index in [2.05, 4.69) is 0 Å². The zero-order chi connectivity index (χ0) is 14.4. The van der Waals surface area contributed by atoms with Gasteiger partial charge in [0.2, 0.25) is 0 Å². The van der Waals surface area contributed by atoms with Crippen LogP contribution in [0.4, 0.5) is 4.79 Å². The van der Waals surface area contributed by atoms with Crippen molar-refractivity contribution in [3.8, 4) is 0 Å². The van der Waals surface area contributed by atoms with E-state index in [-0.39, 0.29) is 25.2 Å². The Morgan fingerprint density at radius 3 is 2.90 bits per heavy atom. The van der Waals surface area contributed by atoms with Gasteiger partial charge in [-0.05, 0) is 18.4 Å². The fourth-order valence-corrected chi connectivity index (χ4v) is 2.49. The fraction of sp³-hybridized carbons (Fsp3) is 0.533. The van der Waals surface area contributed by atoms with Crippen LogP contribution in [0.15, 0.2) is 30.3 Å². The number of benzene rings is 1. The number of ether oxygens (including phenoxy) is 1. The van der Waals surface area contributed by atoms with Crippen LogP contribution in [0.1, 0.15) is 18.4 Å². The lowest BCUT2D eigenvalue weighted by Crippen LogP contribution is -2.45. The Balaban J connectivity index is 1.83. The van der Waals surface area contributed by atoms with E-state index in [0.717, 1.165) is 18.4 Å². The summed E-state index contributed by atoms with van der Waals surface area (Å²) in [6.45, 7) is 1.71. The van der Waals surface area contributed by atoms with Crippen LogP contribution in [0, 0.1) is 5.92 Å². The van der Waals surface area contributed by atoms with E-state index in [9.17, 15) is 9.90 Å². The minimum Gasteiger partial charge on any atom is -0.445 e. The van der Waals surface area contributed by atoms with Gasteiger partial charge in [-0.1, -0.05) is 30.3 Å². The average molecular weight is 278 g/mol. The van der Waals surface area contributed by atoms with Gasteiger partial charge in [-0.2, -0.15) is 0 Å². The summed E-state index contributed by atoms with van der Waals surface area (Å²) in [4.78, 5) is 13.7. The predicted octanol–water partition coefficient (Wildman–Crippen LogP) is 1.35. The smallest absolute Gasteiger partial charge is 0.410 e. The minimum atomic E-state index is -0.542. The van der Waals surface area contributed by atoms with E-state index in [1.165, 1.54) is 0 Å². The first-order valence-corrected chi connectivity index (χ1v) is 7.04. The summed E-state index contributed by atoms with van der Waals surface area (Å²) >= 11 is 0. The molecule has 2 rings (SSSR count). The molecule has 0 saturated carbocycles. The zero-order valence-electron chi connectivity index (χ0n) is 11.6. The van der Waals surface area contributed by atoms with E-state index in [4.69, 9.17) is 10.5 Å². The monoisotopic (exact) mass is 278 g/mol. The van der Waals surface area contributed by atoms with E-state index in [1.807, 2.05) is 30.3 Å². The maximum absolute atomic E-state index is 12.0. The van der Waals surface area contributed by atoms with Crippen LogP contribution >= 0.6 is 0 Å². The molecule has 3 N–H and O–H groups in total. The normalized spacial score (nSPS) is 20.5. The molecule has 2 unspecified atom stereocenters. The van der Waals surface area contributed by atoms with Crippen LogP contribution in [0.25, 0.3) is 0 Å². The second kappa shape index (κ2) is 7.26. The molecule has 20 heavy (non-hydrogen) atoms. The van der Waals surface area contributed by atoms with Gasteiger partial charge < -0.3 is 20.5 Å². The van der Waals surface area contributed by atoms with Crippen molar-refractivity contribution in [1.29, 1.82) is 0 Å². The molecule has 1 aromatic rings. The van der Waals surface area contributed by atoms with Crippen LogP contribution in [-0.2, 0) is 11.3 Å². The lowest BCUT2D eigenvalue weighted by molar-refractivity contribution is 0.0412. The first-order valence-electron chi connectivity index (χ1n) is 7.04. The molecule has 1 saturated heterocycles. The highest BCUT2D eigenvalue weighted by Gasteiger charge is 2.28. The summed E-state index contributed by atoms with van der Waals surface area (Å²) in [5.74, 6) is 0.0537. The highest BCUT2D eigenvalue weighted by molar-refractivity contribution is 5.67. The third-order valence-electron chi connectivity index (χ3n) is 3.71. The van der Waals surface area contributed by atoms with Crippen LogP contribution in [0.3, 0.4) is 0 Å². The summed E-state index contributed by atoms with van der Waals surface area (Å²) < 4.78 is 5.30. The van der Waals surface area contributed by atoms with Crippen LogP contribution < -0.4 is 5.73 Å². The molecule has 0 bridgehead atoms. The van der Waals surface area contributed by atoms with Gasteiger partial charge in [0.25, 0.3) is 0 Å². The van der Waals surface area contributed by atoms with Gasteiger partial charge in [-0.25, -0.2) is 4.79 Å². The third-order valence-corrected chi connectivity index (χ3v) is 3.71. The molecule has 5 heteroatoms. The number of aliphatic hydroxyl groups excluding tert-OH is 1. The maximum Gasteiger partial charge on any atom is 0.410 e. The van der Waals surface area contributed by atoms with Crippen LogP contribution in [0.2, 0.25) is 0 Å². The van der Waals surface area contributed by atoms with Crippen molar-refractivity contribution in [2.75, 3.05) is 19.6 Å². The van der Waals surface area contributed by atoms with Gasteiger partial charge in [0.15, 0.2) is 0 Å². The Hall–Kier alpha value is -1.59. The standard InChI is InChI=1S/C15H22N2O3/c16-9-14(18)13-7-4-8-17(10-13)15(19)20-11-12-5-2-1-3-6-12/h1-3,5-6,13-14,18H,4,7-11,16H2. The second-order valence-corrected chi connectivity index (χ2v) is 5.19. The first kappa shape index (κ1) is 14.8. The lowest BCUT2D eigenvalue weighted by Gasteiger charge is -2.34. The molecular formula is C15H22N2O3. The van der Waals surface area contributed by atoms with E-state index < -0.39 is 6.10 Å². The molecule has 1 heterocycles. The van der Waals surface area contributed by atoms with Gasteiger partial charge in [-0.15, -0.1) is 0 Å². The topological polar surface area (TPSA) is 75.8 Å². The largest absolute Gasteiger partial charge is 0.445 e. The van der Waals surface area contributed by atoms with Crippen molar-refractivity contribution in [3.63, 3.8) is 0 Å². The number of likely N-dealkylation sites (tertiary alicyclic amines) is 1. The van der Waals surface area contributed by atoms with Gasteiger partial charge in [-0.3, -0.25) is 0 Å². The number of nitrogens with zero attached hydrogens (tertiary/aromatic N) is 1. The summed E-state index contributed by atoms with van der Waals surface area (Å²) in [7, 11) is 0. The number of carbonyl (C=O) groups is 1. The molecule has 0 aromatic heterocycles. The lowest BCUT2D eigenvalue weighted by atomic mass is 9.93. The third kappa shape index (κ3) is 3.95. The van der Waals surface area contributed by atoms with E-state index in [1.54, 1.807) is 4.90 Å². The quantitative estimate of drug-likeness (QED) is 0.872. The predicted molar refractivity (Wildman–Crippen MR) is 76.0 cm³/mol. The Bertz CT molecular complexity index is 424. The molecule has 1 amide bonds. The molecule has 1 fully saturated rings. The average Bonchev–Trinajstić information content (AvgIpc) is 2.53. The number of hydrogen-bond acceptors (Lipinski definition) is 4. The Labute approximate surface area is 119 Å². The maximum atomic E-state index is 12.0. The van der Waals surface area contributed by atoms with Crippen molar-refractivity contribution in [2.45, 2.75) is 25.6 Å². The molecule has 2 atom stereocenters. The summed E-state index contributed by atoms with van der Waals surface area (Å²) in [6.07, 6.45) is 0.922. The fourth-order valence-electron chi connectivity index (χ4n) is 2.49. The van der Waals surface area contributed by atoms with Crippen molar-refractivity contribution in [3.05, 3.63) is 35.9 Å². The molecule has 0 aliphatic carbocycles. The van der Waals surface area contributed by atoms with Crippen molar-refractivity contribution in [2.24, 2.45) is 11.7 Å². The zero-order valence-corrected chi connectivity index (χ0v) is 11.6. The highest BCUT2D eigenvalue weighted by Crippen LogP contribution is 2.20. The number of rotatable bonds is 4. The molecular weight excluding hydrogens is 256 g/mol.